The van der Waals surface area contributed by atoms with Crippen molar-refractivity contribution in [3.05, 3.63) is 36.4 Å². The largest absolute Gasteiger partial charge is 0.131 e. The van der Waals surface area contributed by atoms with Gasteiger partial charge in [0, 0.05) is 0 Å². The van der Waals surface area contributed by atoms with E-state index in [2.05, 4.69) is 24.3 Å². The molecule has 0 saturated heterocycles. The smallest absolute Gasteiger partial charge is 0.0623 e. The van der Waals surface area contributed by atoms with Gasteiger partial charge in [0.25, 0.3) is 0 Å². The highest BCUT2D eigenvalue weighted by Crippen LogP contribution is 2.21. The molecule has 0 aliphatic carbocycles. The predicted molar refractivity (Wildman–Crippen MR) is 52.6 cm³/mol. The molecule has 70 valence electrons. The van der Waals surface area contributed by atoms with Crippen LogP contribution in [0, 0.1) is 0 Å². The number of nitrogens with zero attached hydrogens (tertiary/aromatic N) is 3. The van der Waals surface area contributed by atoms with E-state index in [1.54, 1.807) is 0 Å². The van der Waals surface area contributed by atoms with Crippen molar-refractivity contribution < 1.29 is 4.70 Å². The van der Waals surface area contributed by atoms with Crippen molar-refractivity contribution in [2.24, 2.45) is 10.4 Å². The van der Waals surface area contributed by atoms with Gasteiger partial charge in [-0.25, -0.2) is 0 Å². The quantitative estimate of drug-likeness (QED) is 0.622. The molecule has 0 bridgehead atoms. The number of hydrogen-bond donors (Lipinski definition) is 0. The van der Waals surface area contributed by atoms with Crippen molar-refractivity contribution in [1.29, 1.82) is 0 Å². The van der Waals surface area contributed by atoms with Crippen molar-refractivity contribution in [3.63, 3.8) is 0 Å². The first kappa shape index (κ1) is 9.86. The standard InChI is InChI=1S/C6H6.C4H10N3/c1-2-4-6-5-3-1;1-3-7(4-2)5-6-7/h1-6H;3-4H2,1-2H3/q;+1. The van der Waals surface area contributed by atoms with E-state index in [9.17, 15) is 0 Å². The van der Waals surface area contributed by atoms with Gasteiger partial charge in [0.2, 0.25) is 0 Å². The topological polar surface area (TPSA) is 24.7 Å². The van der Waals surface area contributed by atoms with Crippen LogP contribution in [0.15, 0.2) is 46.8 Å². The third-order valence-electron chi connectivity index (χ3n) is 2.02. The van der Waals surface area contributed by atoms with Crippen LogP contribution in [-0.4, -0.2) is 17.8 Å². The highest BCUT2D eigenvalue weighted by atomic mass is 16.0. The summed E-state index contributed by atoms with van der Waals surface area (Å²) in [6.45, 7) is 6.19. The van der Waals surface area contributed by atoms with Gasteiger partial charge < -0.3 is 0 Å². The van der Waals surface area contributed by atoms with Crippen LogP contribution in [0.2, 0.25) is 0 Å². The molecule has 0 spiro atoms. The lowest BCUT2D eigenvalue weighted by Crippen LogP contribution is -2.23. The molecule has 0 aromatic heterocycles. The first-order valence-corrected chi connectivity index (χ1v) is 4.65. The van der Waals surface area contributed by atoms with Crippen LogP contribution in [0.1, 0.15) is 13.8 Å². The average Bonchev–Trinajstić information content (AvgIpc) is 3.02. The maximum atomic E-state index is 3.83. The molecule has 13 heavy (non-hydrogen) atoms. The van der Waals surface area contributed by atoms with E-state index < -0.39 is 0 Å². The third kappa shape index (κ3) is 3.34. The normalized spacial score (nSPS) is 15.8. The Morgan fingerprint density at radius 2 is 1.08 bits per heavy atom. The Labute approximate surface area is 79.2 Å². The summed E-state index contributed by atoms with van der Waals surface area (Å²) in [6, 6.07) is 12.0. The van der Waals surface area contributed by atoms with E-state index in [4.69, 9.17) is 0 Å². The first-order chi connectivity index (χ1) is 6.33. The molecule has 0 saturated carbocycles. The van der Waals surface area contributed by atoms with E-state index in [0.29, 0.717) is 4.70 Å². The molecule has 3 heteroatoms. The second-order valence-corrected chi connectivity index (χ2v) is 2.84. The molecule has 2 rings (SSSR count). The third-order valence-corrected chi connectivity index (χ3v) is 2.02. The number of quaternary nitrogens is 1. The summed E-state index contributed by atoms with van der Waals surface area (Å²) in [6.07, 6.45) is 0. The van der Waals surface area contributed by atoms with Crippen molar-refractivity contribution in [2.75, 3.05) is 13.1 Å². The second-order valence-electron chi connectivity index (χ2n) is 2.84. The minimum atomic E-state index is 0.639. The van der Waals surface area contributed by atoms with Crippen LogP contribution in [-0.2, 0) is 0 Å². The molecule has 1 heterocycles. The SMILES string of the molecule is CC[N+]1(CC)N=N1.c1ccccc1. The van der Waals surface area contributed by atoms with Gasteiger partial charge in [0.15, 0.2) is 0 Å². The van der Waals surface area contributed by atoms with E-state index in [1.165, 1.54) is 0 Å². The van der Waals surface area contributed by atoms with Gasteiger partial charge in [-0.3, -0.25) is 0 Å². The van der Waals surface area contributed by atoms with Gasteiger partial charge in [0.1, 0.15) is 23.5 Å². The van der Waals surface area contributed by atoms with Gasteiger partial charge in [-0.05, 0) is 18.5 Å². The Bertz CT molecular complexity index is 217. The summed E-state index contributed by atoms with van der Waals surface area (Å²) in [5, 5.41) is 7.67. The van der Waals surface area contributed by atoms with Crippen LogP contribution >= 0.6 is 0 Å². The summed E-state index contributed by atoms with van der Waals surface area (Å²) in [4.78, 5) is 0. The first-order valence-electron chi connectivity index (χ1n) is 4.65. The monoisotopic (exact) mass is 178 g/mol. The van der Waals surface area contributed by atoms with Crippen LogP contribution in [0.5, 0.6) is 0 Å². The molecule has 0 fully saturated rings. The second kappa shape index (κ2) is 4.72. The van der Waals surface area contributed by atoms with Gasteiger partial charge >= 0.3 is 0 Å². The van der Waals surface area contributed by atoms with Crippen LogP contribution in [0.3, 0.4) is 0 Å². The summed E-state index contributed by atoms with van der Waals surface area (Å²) >= 11 is 0. The van der Waals surface area contributed by atoms with Gasteiger partial charge in [-0.15, -0.1) is 0 Å². The summed E-state index contributed by atoms with van der Waals surface area (Å²) < 4.78 is 0.639. The van der Waals surface area contributed by atoms with Crippen molar-refractivity contribution in [2.45, 2.75) is 13.8 Å². The molecular formula is C10H16N3+. The Kier molecular flexibility index (Phi) is 3.58. The van der Waals surface area contributed by atoms with Gasteiger partial charge in [0.05, 0.1) is 0 Å². The molecule has 1 aromatic carbocycles. The van der Waals surface area contributed by atoms with Crippen LogP contribution in [0.25, 0.3) is 0 Å². The van der Waals surface area contributed by atoms with E-state index in [1.807, 2.05) is 36.4 Å². The Morgan fingerprint density at radius 3 is 1.15 bits per heavy atom. The van der Waals surface area contributed by atoms with Crippen LogP contribution < -0.4 is 0 Å². The number of rotatable bonds is 2. The zero-order valence-corrected chi connectivity index (χ0v) is 8.22. The fourth-order valence-electron chi connectivity index (χ4n) is 0.918. The molecule has 1 aliphatic heterocycles. The van der Waals surface area contributed by atoms with Crippen LogP contribution in [0.4, 0.5) is 0 Å². The number of hydrogen-bond acceptors (Lipinski definition) is 2. The molecule has 0 N–H and O–H groups in total. The fraction of sp³-hybridized carbons (Fsp3) is 0.400. The average molecular weight is 178 g/mol. The molecule has 1 aliphatic rings. The van der Waals surface area contributed by atoms with E-state index in [-0.39, 0.29) is 0 Å². The molecular weight excluding hydrogens is 162 g/mol. The Hall–Kier alpha value is -1.22. The van der Waals surface area contributed by atoms with E-state index >= 15 is 0 Å². The van der Waals surface area contributed by atoms with E-state index in [0.717, 1.165) is 13.1 Å². The van der Waals surface area contributed by atoms with Crippen molar-refractivity contribution in [1.82, 2.24) is 0 Å². The molecule has 0 unspecified atom stereocenters. The molecule has 1 aromatic rings. The summed E-state index contributed by atoms with van der Waals surface area (Å²) in [5.74, 6) is 0. The maximum absolute atomic E-state index is 3.83. The Balaban J connectivity index is 0.000000132. The molecule has 0 amide bonds. The van der Waals surface area contributed by atoms with Crippen molar-refractivity contribution in [3.8, 4) is 0 Å². The molecule has 3 nitrogen and oxygen atoms in total. The lowest BCUT2D eigenvalue weighted by atomic mass is 10.4. The fourth-order valence-corrected chi connectivity index (χ4v) is 0.918. The Morgan fingerprint density at radius 1 is 0.769 bits per heavy atom. The number of benzene rings is 1. The summed E-state index contributed by atoms with van der Waals surface area (Å²) in [5.41, 5.74) is 0. The minimum absolute atomic E-state index is 0.639. The van der Waals surface area contributed by atoms with Gasteiger partial charge in [-0.2, -0.15) is 0 Å². The lowest BCUT2D eigenvalue weighted by Gasteiger charge is -1.98. The highest BCUT2D eigenvalue weighted by molar-refractivity contribution is 4.99. The lowest BCUT2D eigenvalue weighted by molar-refractivity contribution is -0.847. The van der Waals surface area contributed by atoms with Gasteiger partial charge in [-0.1, -0.05) is 36.4 Å². The predicted octanol–water partition coefficient (Wildman–Crippen LogP) is 2.83. The zero-order chi connectivity index (χ0) is 9.57. The van der Waals surface area contributed by atoms with Crippen molar-refractivity contribution >= 4 is 0 Å². The minimum Gasteiger partial charge on any atom is -0.0623 e. The zero-order valence-electron chi connectivity index (χ0n) is 8.22. The highest BCUT2D eigenvalue weighted by Gasteiger charge is 2.37. The molecule has 0 radical (unpaired) electrons. The maximum Gasteiger partial charge on any atom is 0.131 e. The molecule has 0 atom stereocenters. The summed E-state index contributed by atoms with van der Waals surface area (Å²) in [7, 11) is 0.